The number of amidine groups is 1. The van der Waals surface area contributed by atoms with Gasteiger partial charge >= 0.3 is 6.03 Å². The number of rotatable bonds is 2. The van der Waals surface area contributed by atoms with E-state index in [1.165, 1.54) is 12.1 Å². The van der Waals surface area contributed by atoms with Gasteiger partial charge in [0.1, 0.15) is 11.7 Å². The molecule has 0 atom stereocenters. The van der Waals surface area contributed by atoms with E-state index in [-0.39, 0.29) is 17.4 Å². The summed E-state index contributed by atoms with van der Waals surface area (Å²) in [5, 5.41) is 10.2. The molecule has 1 saturated heterocycles. The summed E-state index contributed by atoms with van der Waals surface area (Å²) in [5.74, 6) is -0.751. The Bertz CT molecular complexity index is 510. The summed E-state index contributed by atoms with van der Waals surface area (Å²) < 4.78 is 13.2. The number of nitrogens with two attached hydrogens (primary N) is 1. The first-order valence-corrected chi connectivity index (χ1v) is 6.78. The molecule has 2 rings (SSSR count). The maximum absolute atomic E-state index is 13.2. The molecular weight excluding hydrogens is 259 g/mol. The number of amides is 2. The number of hydrogen-bond acceptors (Lipinski definition) is 2. The molecule has 1 aliphatic heterocycles. The van der Waals surface area contributed by atoms with Crippen molar-refractivity contribution in [2.45, 2.75) is 25.7 Å². The van der Waals surface area contributed by atoms with Gasteiger partial charge in [-0.2, -0.15) is 0 Å². The lowest BCUT2D eigenvalue weighted by molar-refractivity contribution is 0.214. The van der Waals surface area contributed by atoms with Gasteiger partial charge in [-0.15, -0.1) is 0 Å². The van der Waals surface area contributed by atoms with E-state index in [0.29, 0.717) is 5.69 Å². The molecule has 0 bridgehead atoms. The highest BCUT2D eigenvalue weighted by atomic mass is 19.1. The first-order chi connectivity index (χ1) is 9.58. The summed E-state index contributed by atoms with van der Waals surface area (Å²) in [7, 11) is 0. The van der Waals surface area contributed by atoms with E-state index in [0.717, 1.165) is 44.8 Å². The monoisotopic (exact) mass is 278 g/mol. The summed E-state index contributed by atoms with van der Waals surface area (Å²) in [6.45, 7) is 1.45. The van der Waals surface area contributed by atoms with Crippen molar-refractivity contribution < 1.29 is 9.18 Å². The Kier molecular flexibility index (Phi) is 4.55. The zero-order valence-electron chi connectivity index (χ0n) is 11.3. The number of carbonyl (C=O) groups is 1. The van der Waals surface area contributed by atoms with E-state index in [9.17, 15) is 9.18 Å². The third-order valence-corrected chi connectivity index (χ3v) is 3.41. The van der Waals surface area contributed by atoms with Crippen LogP contribution in [-0.2, 0) is 0 Å². The van der Waals surface area contributed by atoms with Gasteiger partial charge in [-0.1, -0.05) is 12.8 Å². The van der Waals surface area contributed by atoms with Crippen molar-refractivity contribution in [1.82, 2.24) is 4.90 Å². The summed E-state index contributed by atoms with van der Waals surface area (Å²) in [5.41, 5.74) is 5.99. The number of nitrogens with zero attached hydrogens (tertiary/aromatic N) is 1. The van der Waals surface area contributed by atoms with Crippen molar-refractivity contribution in [1.29, 1.82) is 5.41 Å². The van der Waals surface area contributed by atoms with Gasteiger partial charge in [-0.25, -0.2) is 9.18 Å². The van der Waals surface area contributed by atoms with Gasteiger partial charge in [-0.05, 0) is 31.0 Å². The molecule has 5 nitrogen and oxygen atoms in total. The quantitative estimate of drug-likeness (QED) is 0.574. The third-order valence-electron chi connectivity index (χ3n) is 3.41. The molecule has 1 heterocycles. The molecule has 0 aliphatic carbocycles. The van der Waals surface area contributed by atoms with Gasteiger partial charge in [0.25, 0.3) is 0 Å². The number of hydrogen-bond donors (Lipinski definition) is 3. The maximum atomic E-state index is 13.2. The molecule has 0 saturated carbocycles. The van der Waals surface area contributed by atoms with Gasteiger partial charge < -0.3 is 16.0 Å². The van der Waals surface area contributed by atoms with Crippen LogP contribution >= 0.6 is 0 Å². The summed E-state index contributed by atoms with van der Waals surface area (Å²) in [6, 6.07) is 3.60. The molecule has 4 N–H and O–H groups in total. The SMILES string of the molecule is N=C(N)c1cc(F)ccc1NC(=O)N1CCCCCC1. The van der Waals surface area contributed by atoms with Gasteiger partial charge in [0, 0.05) is 18.7 Å². The van der Waals surface area contributed by atoms with E-state index in [1.807, 2.05) is 0 Å². The fraction of sp³-hybridized carbons (Fsp3) is 0.429. The molecular formula is C14H19FN4O. The number of halogens is 1. The molecule has 2 amide bonds. The standard InChI is InChI=1S/C14H19FN4O/c15-10-5-6-12(11(9-10)13(16)17)18-14(20)19-7-3-1-2-4-8-19/h5-6,9H,1-4,7-8H2,(H3,16,17)(H,18,20). The molecule has 0 radical (unpaired) electrons. The largest absolute Gasteiger partial charge is 0.384 e. The van der Waals surface area contributed by atoms with Crippen molar-refractivity contribution in [3.05, 3.63) is 29.6 Å². The molecule has 6 heteroatoms. The minimum Gasteiger partial charge on any atom is -0.384 e. The van der Waals surface area contributed by atoms with Crippen molar-refractivity contribution in [2.24, 2.45) is 5.73 Å². The molecule has 20 heavy (non-hydrogen) atoms. The van der Waals surface area contributed by atoms with Crippen LogP contribution in [0, 0.1) is 11.2 Å². The highest BCUT2D eigenvalue weighted by Gasteiger charge is 2.17. The average Bonchev–Trinajstić information content (AvgIpc) is 2.69. The molecule has 1 aromatic carbocycles. The average molecular weight is 278 g/mol. The topological polar surface area (TPSA) is 82.2 Å². The highest BCUT2D eigenvalue weighted by Crippen LogP contribution is 2.18. The number of urea groups is 1. The molecule has 0 spiro atoms. The molecule has 1 aromatic rings. The van der Waals surface area contributed by atoms with Crippen LogP contribution in [0.2, 0.25) is 0 Å². The Balaban J connectivity index is 2.12. The number of anilines is 1. The number of benzene rings is 1. The predicted octanol–water partition coefficient (Wildman–Crippen LogP) is 2.52. The van der Waals surface area contributed by atoms with Crippen molar-refractivity contribution in [3.8, 4) is 0 Å². The van der Waals surface area contributed by atoms with Crippen LogP contribution in [0.5, 0.6) is 0 Å². The van der Waals surface area contributed by atoms with Gasteiger partial charge in [0.15, 0.2) is 0 Å². The Morgan fingerprint density at radius 2 is 1.90 bits per heavy atom. The Morgan fingerprint density at radius 1 is 1.25 bits per heavy atom. The minimum absolute atomic E-state index is 0.202. The van der Waals surface area contributed by atoms with Crippen LogP contribution in [0.25, 0.3) is 0 Å². The second-order valence-electron chi connectivity index (χ2n) is 4.93. The van der Waals surface area contributed by atoms with Crippen molar-refractivity contribution >= 4 is 17.6 Å². The lowest BCUT2D eigenvalue weighted by atomic mass is 10.1. The fourth-order valence-corrected chi connectivity index (χ4v) is 2.32. The normalized spacial score (nSPS) is 15.6. The molecule has 0 aromatic heterocycles. The molecule has 108 valence electrons. The van der Waals surface area contributed by atoms with Crippen LogP contribution in [0.3, 0.4) is 0 Å². The Morgan fingerprint density at radius 3 is 2.50 bits per heavy atom. The second-order valence-corrected chi connectivity index (χ2v) is 4.93. The second kappa shape index (κ2) is 6.36. The number of likely N-dealkylation sites (tertiary alicyclic amines) is 1. The fourth-order valence-electron chi connectivity index (χ4n) is 2.32. The molecule has 1 aliphatic rings. The smallest absolute Gasteiger partial charge is 0.321 e. The van der Waals surface area contributed by atoms with Crippen molar-refractivity contribution in [3.63, 3.8) is 0 Å². The predicted molar refractivity (Wildman–Crippen MR) is 76.5 cm³/mol. The zero-order valence-corrected chi connectivity index (χ0v) is 11.3. The zero-order chi connectivity index (χ0) is 14.5. The first kappa shape index (κ1) is 14.3. The van der Waals surface area contributed by atoms with Crippen LogP contribution in [-0.4, -0.2) is 29.9 Å². The summed E-state index contributed by atoms with van der Waals surface area (Å²) >= 11 is 0. The highest BCUT2D eigenvalue weighted by molar-refractivity contribution is 6.03. The summed E-state index contributed by atoms with van der Waals surface area (Å²) in [4.78, 5) is 13.9. The Labute approximate surface area is 117 Å². The number of carbonyl (C=O) groups excluding carboxylic acids is 1. The van der Waals surface area contributed by atoms with E-state index in [4.69, 9.17) is 11.1 Å². The third kappa shape index (κ3) is 3.46. The van der Waals surface area contributed by atoms with Crippen LogP contribution in [0.4, 0.5) is 14.9 Å². The number of nitrogens with one attached hydrogen (secondary N) is 2. The van der Waals surface area contributed by atoms with Crippen LogP contribution < -0.4 is 11.1 Å². The lowest BCUT2D eigenvalue weighted by Gasteiger charge is -2.21. The Hall–Kier alpha value is -2.11. The molecule has 0 unspecified atom stereocenters. The van der Waals surface area contributed by atoms with Crippen molar-refractivity contribution in [2.75, 3.05) is 18.4 Å². The first-order valence-electron chi connectivity index (χ1n) is 6.78. The number of nitrogen functional groups attached to an aromatic ring is 1. The lowest BCUT2D eigenvalue weighted by Crippen LogP contribution is -2.36. The molecule has 1 fully saturated rings. The van der Waals surface area contributed by atoms with Gasteiger partial charge in [-0.3, -0.25) is 5.41 Å². The van der Waals surface area contributed by atoms with Gasteiger partial charge in [0.05, 0.1) is 5.69 Å². The van der Waals surface area contributed by atoms with E-state index >= 15 is 0 Å². The summed E-state index contributed by atoms with van der Waals surface area (Å²) in [6.07, 6.45) is 4.27. The van der Waals surface area contributed by atoms with Crippen LogP contribution in [0.15, 0.2) is 18.2 Å². The minimum atomic E-state index is -0.483. The van der Waals surface area contributed by atoms with E-state index in [1.54, 1.807) is 4.90 Å². The van der Waals surface area contributed by atoms with E-state index < -0.39 is 5.82 Å². The van der Waals surface area contributed by atoms with E-state index in [2.05, 4.69) is 5.32 Å². The van der Waals surface area contributed by atoms with Crippen LogP contribution in [0.1, 0.15) is 31.2 Å². The van der Waals surface area contributed by atoms with Gasteiger partial charge in [0.2, 0.25) is 0 Å². The maximum Gasteiger partial charge on any atom is 0.321 e.